The van der Waals surface area contributed by atoms with Crippen molar-refractivity contribution < 1.29 is 4.74 Å². The number of aryl methyl sites for hydroxylation is 1. The van der Waals surface area contributed by atoms with Crippen LogP contribution in [-0.4, -0.2) is 28.0 Å². The first-order valence-corrected chi connectivity index (χ1v) is 7.39. The van der Waals surface area contributed by atoms with Gasteiger partial charge in [0.2, 0.25) is 0 Å². The third kappa shape index (κ3) is 3.90. The molecule has 0 aromatic carbocycles. The van der Waals surface area contributed by atoms with E-state index in [1.165, 1.54) is 0 Å². The van der Waals surface area contributed by atoms with Crippen LogP contribution in [0.5, 0.6) is 0 Å². The zero-order chi connectivity index (χ0) is 15.0. The van der Waals surface area contributed by atoms with E-state index >= 15 is 0 Å². The lowest BCUT2D eigenvalue weighted by atomic mass is 10.2. The lowest BCUT2D eigenvalue weighted by molar-refractivity contribution is -0.0286. The Labute approximate surface area is 121 Å². The van der Waals surface area contributed by atoms with Crippen molar-refractivity contribution >= 4 is 0 Å². The highest BCUT2D eigenvalue weighted by molar-refractivity contribution is 5.56. The van der Waals surface area contributed by atoms with Crippen LogP contribution in [0.25, 0.3) is 11.3 Å². The normalized spacial score (nSPS) is 13.4. The van der Waals surface area contributed by atoms with Crippen LogP contribution in [-0.2, 0) is 4.74 Å². The minimum absolute atomic E-state index is 0.401. The SMILES string of the molecule is CC.CC.Cc1cccc(-c2cnn(C3COC3)c2)n1. The molecule has 1 saturated heterocycles. The van der Waals surface area contributed by atoms with Crippen LogP contribution in [0, 0.1) is 6.92 Å². The maximum atomic E-state index is 5.15. The largest absolute Gasteiger partial charge is 0.377 e. The number of aromatic nitrogens is 3. The molecule has 2 aromatic rings. The van der Waals surface area contributed by atoms with Gasteiger partial charge in [-0.1, -0.05) is 33.8 Å². The smallest absolute Gasteiger partial charge is 0.0985 e. The summed E-state index contributed by atoms with van der Waals surface area (Å²) in [6.45, 7) is 11.5. The molecule has 0 bridgehead atoms. The summed E-state index contributed by atoms with van der Waals surface area (Å²) < 4.78 is 7.11. The Morgan fingerprint density at radius 2 is 1.85 bits per heavy atom. The van der Waals surface area contributed by atoms with Crippen LogP contribution in [0.4, 0.5) is 0 Å². The molecule has 4 nitrogen and oxygen atoms in total. The Bertz CT molecular complexity index is 504. The summed E-state index contributed by atoms with van der Waals surface area (Å²) >= 11 is 0. The van der Waals surface area contributed by atoms with Crippen molar-refractivity contribution in [3.63, 3.8) is 0 Å². The number of hydrogen-bond acceptors (Lipinski definition) is 3. The minimum Gasteiger partial charge on any atom is -0.377 e. The van der Waals surface area contributed by atoms with Gasteiger partial charge in [-0.25, -0.2) is 0 Å². The van der Waals surface area contributed by atoms with E-state index in [0.29, 0.717) is 6.04 Å². The van der Waals surface area contributed by atoms with Gasteiger partial charge in [-0.05, 0) is 19.1 Å². The fraction of sp³-hybridized carbons (Fsp3) is 0.500. The van der Waals surface area contributed by atoms with Crippen molar-refractivity contribution in [1.82, 2.24) is 14.8 Å². The summed E-state index contributed by atoms with van der Waals surface area (Å²) in [6.07, 6.45) is 3.90. The second-order valence-corrected chi connectivity index (χ2v) is 4.06. The molecule has 0 saturated carbocycles. The van der Waals surface area contributed by atoms with Gasteiger partial charge in [0.05, 0.1) is 31.1 Å². The molecule has 1 aliphatic rings. The average Bonchev–Trinajstić information content (AvgIpc) is 2.91. The third-order valence-electron chi connectivity index (χ3n) is 2.78. The zero-order valence-corrected chi connectivity index (χ0v) is 13.1. The van der Waals surface area contributed by atoms with E-state index in [1.54, 1.807) is 0 Å². The van der Waals surface area contributed by atoms with Gasteiger partial charge >= 0.3 is 0 Å². The van der Waals surface area contributed by atoms with E-state index in [9.17, 15) is 0 Å². The number of rotatable bonds is 2. The fourth-order valence-electron chi connectivity index (χ4n) is 1.75. The van der Waals surface area contributed by atoms with Gasteiger partial charge in [0.25, 0.3) is 0 Å². The second kappa shape index (κ2) is 8.48. The molecule has 0 unspecified atom stereocenters. The summed E-state index contributed by atoms with van der Waals surface area (Å²) in [5.74, 6) is 0. The predicted octanol–water partition coefficient (Wildman–Crippen LogP) is 3.88. The Kier molecular flexibility index (Phi) is 6.94. The lowest BCUT2D eigenvalue weighted by Crippen LogP contribution is -2.30. The Morgan fingerprint density at radius 3 is 2.40 bits per heavy atom. The van der Waals surface area contributed by atoms with E-state index in [4.69, 9.17) is 4.74 Å². The summed E-state index contributed by atoms with van der Waals surface area (Å²) in [5, 5.41) is 4.34. The number of ether oxygens (including phenoxy) is 1. The predicted molar refractivity (Wildman–Crippen MR) is 82.7 cm³/mol. The van der Waals surface area contributed by atoms with Crippen LogP contribution < -0.4 is 0 Å². The fourth-order valence-corrected chi connectivity index (χ4v) is 1.75. The monoisotopic (exact) mass is 275 g/mol. The van der Waals surface area contributed by atoms with Crippen LogP contribution >= 0.6 is 0 Å². The Morgan fingerprint density at radius 1 is 1.15 bits per heavy atom. The highest BCUT2D eigenvalue weighted by atomic mass is 16.5. The zero-order valence-electron chi connectivity index (χ0n) is 13.1. The van der Waals surface area contributed by atoms with Gasteiger partial charge in [0.15, 0.2) is 0 Å². The molecule has 0 radical (unpaired) electrons. The molecule has 3 rings (SSSR count). The highest BCUT2D eigenvalue weighted by Gasteiger charge is 2.21. The number of hydrogen-bond donors (Lipinski definition) is 0. The van der Waals surface area contributed by atoms with Gasteiger partial charge < -0.3 is 4.74 Å². The van der Waals surface area contributed by atoms with Gasteiger partial charge in [-0.3, -0.25) is 9.67 Å². The molecule has 0 N–H and O–H groups in total. The molecular formula is C16H25N3O. The van der Waals surface area contributed by atoms with Crippen LogP contribution in [0.1, 0.15) is 39.4 Å². The maximum absolute atomic E-state index is 5.15. The molecule has 0 aliphatic carbocycles. The average molecular weight is 275 g/mol. The van der Waals surface area contributed by atoms with Crippen molar-refractivity contribution in [2.24, 2.45) is 0 Å². The molecule has 2 aromatic heterocycles. The van der Waals surface area contributed by atoms with Crippen LogP contribution in [0.2, 0.25) is 0 Å². The quantitative estimate of drug-likeness (QED) is 0.835. The Balaban J connectivity index is 0.000000461. The maximum Gasteiger partial charge on any atom is 0.0985 e. The van der Waals surface area contributed by atoms with Crippen LogP contribution in [0.15, 0.2) is 30.6 Å². The van der Waals surface area contributed by atoms with Gasteiger partial charge in [-0.2, -0.15) is 5.10 Å². The molecule has 0 spiro atoms. The molecule has 3 heterocycles. The second-order valence-electron chi connectivity index (χ2n) is 4.06. The van der Waals surface area contributed by atoms with Crippen molar-refractivity contribution in [2.75, 3.05) is 13.2 Å². The van der Waals surface area contributed by atoms with E-state index in [-0.39, 0.29) is 0 Å². The van der Waals surface area contributed by atoms with Crippen molar-refractivity contribution in [3.8, 4) is 11.3 Å². The molecule has 1 aliphatic heterocycles. The first kappa shape index (κ1) is 16.4. The molecule has 0 atom stereocenters. The van der Waals surface area contributed by atoms with E-state index in [1.807, 2.05) is 69.9 Å². The summed E-state index contributed by atoms with van der Waals surface area (Å²) in [6, 6.07) is 6.42. The molecule has 110 valence electrons. The van der Waals surface area contributed by atoms with E-state index < -0.39 is 0 Å². The van der Waals surface area contributed by atoms with Gasteiger partial charge in [0, 0.05) is 17.5 Å². The van der Waals surface area contributed by atoms with E-state index in [0.717, 1.165) is 30.2 Å². The third-order valence-corrected chi connectivity index (χ3v) is 2.78. The lowest BCUT2D eigenvalue weighted by Gasteiger charge is -2.25. The van der Waals surface area contributed by atoms with Crippen molar-refractivity contribution in [3.05, 3.63) is 36.3 Å². The standard InChI is InChI=1S/C12H13N3O.2C2H6/c1-9-3-2-4-12(14-9)10-5-13-15(6-10)11-7-16-8-11;2*1-2/h2-6,11H,7-8H2,1H3;2*1-2H3. The number of pyridine rings is 1. The first-order chi connectivity index (χ1) is 9.83. The summed E-state index contributed by atoms with van der Waals surface area (Å²) in [4.78, 5) is 4.48. The topological polar surface area (TPSA) is 39.9 Å². The van der Waals surface area contributed by atoms with Gasteiger partial charge in [-0.15, -0.1) is 0 Å². The molecule has 1 fully saturated rings. The minimum atomic E-state index is 0.401. The highest BCUT2D eigenvalue weighted by Crippen LogP contribution is 2.21. The molecule has 20 heavy (non-hydrogen) atoms. The summed E-state index contributed by atoms with van der Waals surface area (Å²) in [7, 11) is 0. The molecule has 0 amide bonds. The number of nitrogens with zero attached hydrogens (tertiary/aromatic N) is 3. The van der Waals surface area contributed by atoms with Crippen LogP contribution in [0.3, 0.4) is 0 Å². The van der Waals surface area contributed by atoms with Crippen molar-refractivity contribution in [2.45, 2.75) is 40.7 Å². The molecule has 4 heteroatoms. The Hall–Kier alpha value is -1.68. The molecular weight excluding hydrogens is 250 g/mol. The van der Waals surface area contributed by atoms with E-state index in [2.05, 4.69) is 10.1 Å². The first-order valence-electron chi connectivity index (χ1n) is 7.39. The summed E-state index contributed by atoms with van der Waals surface area (Å²) in [5.41, 5.74) is 3.07. The van der Waals surface area contributed by atoms with Gasteiger partial charge in [0.1, 0.15) is 0 Å². The van der Waals surface area contributed by atoms with Crippen molar-refractivity contribution in [1.29, 1.82) is 0 Å².